The first-order valence-corrected chi connectivity index (χ1v) is 4.72. The summed E-state index contributed by atoms with van der Waals surface area (Å²) in [5.41, 5.74) is 9.65. The number of nitrogens with two attached hydrogens (primary N) is 2. The Balaban J connectivity index is 0. The van der Waals surface area contributed by atoms with Gasteiger partial charge in [0.1, 0.15) is 0 Å². The lowest BCUT2D eigenvalue weighted by Gasteiger charge is -2.00. The van der Waals surface area contributed by atoms with Crippen LogP contribution in [0.3, 0.4) is 0 Å². The summed E-state index contributed by atoms with van der Waals surface area (Å²) in [4.78, 5) is 16.0. The van der Waals surface area contributed by atoms with E-state index in [2.05, 4.69) is 4.52 Å². The number of phosphoric ester groups is 1. The Labute approximate surface area is 70.6 Å². The van der Waals surface area contributed by atoms with Crippen LogP contribution in [0.2, 0.25) is 0 Å². The molecule has 0 bridgehead atoms. The summed E-state index contributed by atoms with van der Waals surface area (Å²) in [6, 6.07) is 0. The van der Waals surface area contributed by atoms with Crippen molar-refractivity contribution in [1.82, 2.24) is 0 Å². The third-order valence-corrected chi connectivity index (χ3v) is 1.03. The third kappa shape index (κ3) is 22.5. The zero-order chi connectivity index (χ0) is 10.0. The van der Waals surface area contributed by atoms with Gasteiger partial charge < -0.3 is 26.4 Å². The molecule has 0 aromatic heterocycles. The first-order chi connectivity index (χ1) is 5.47. The molecule has 0 aromatic carbocycles. The number of aliphatic hydroxyl groups excluding tert-OH is 1. The number of rotatable bonds is 4. The molecule has 76 valence electrons. The highest BCUT2D eigenvalue weighted by Crippen LogP contribution is 2.34. The van der Waals surface area contributed by atoms with Crippen LogP contribution in [0.5, 0.6) is 0 Å². The molecule has 0 fully saturated rings. The van der Waals surface area contributed by atoms with Gasteiger partial charge in [-0.3, -0.25) is 4.52 Å². The maximum atomic E-state index is 9.81. The molecule has 12 heavy (non-hydrogen) atoms. The lowest BCUT2D eigenvalue weighted by molar-refractivity contribution is 0.202. The number of aliphatic hydroxyl groups is 1. The van der Waals surface area contributed by atoms with Crippen molar-refractivity contribution in [3.8, 4) is 0 Å². The summed E-state index contributed by atoms with van der Waals surface area (Å²) in [5.74, 6) is 0. The van der Waals surface area contributed by atoms with E-state index >= 15 is 0 Å². The molecule has 0 heterocycles. The Morgan fingerprint density at radius 2 is 1.67 bits per heavy atom. The van der Waals surface area contributed by atoms with Gasteiger partial charge in [0.25, 0.3) is 0 Å². The van der Waals surface area contributed by atoms with Gasteiger partial charge in [-0.2, -0.15) is 0 Å². The lowest BCUT2D eigenvalue weighted by atomic mass is 10.8. The molecule has 8 heteroatoms. The average Bonchev–Trinajstić information content (AvgIpc) is 2.00. The lowest BCUT2D eigenvalue weighted by Crippen LogP contribution is -2.06. The highest BCUT2D eigenvalue weighted by Gasteiger charge is 2.11. The monoisotopic (exact) mass is 202 g/mol. The number of hydrogen-bond donors (Lipinski definition) is 5. The van der Waals surface area contributed by atoms with Gasteiger partial charge in [-0.15, -0.1) is 0 Å². The normalized spacial score (nSPS) is 10.4. The molecule has 0 saturated heterocycles. The van der Waals surface area contributed by atoms with Crippen LogP contribution in [0, 0.1) is 0 Å². The van der Waals surface area contributed by atoms with E-state index in [9.17, 15) is 4.57 Å². The predicted octanol–water partition coefficient (Wildman–Crippen LogP) is -2.01. The molecule has 0 aliphatic heterocycles. The molecule has 0 atom stereocenters. The first kappa shape index (κ1) is 14.5. The van der Waals surface area contributed by atoms with Crippen molar-refractivity contribution in [2.24, 2.45) is 11.5 Å². The van der Waals surface area contributed by atoms with Crippen LogP contribution in [0.4, 0.5) is 0 Å². The van der Waals surface area contributed by atoms with Crippen LogP contribution in [-0.4, -0.2) is 41.2 Å². The van der Waals surface area contributed by atoms with E-state index < -0.39 is 7.82 Å². The minimum Gasteiger partial charge on any atom is -0.395 e. The Morgan fingerprint density at radius 1 is 1.25 bits per heavy atom. The summed E-state index contributed by atoms with van der Waals surface area (Å²) >= 11 is 0. The maximum Gasteiger partial charge on any atom is 0.469 e. The summed E-state index contributed by atoms with van der Waals surface area (Å²) in [6.45, 7) is 0.482. The second kappa shape index (κ2) is 9.08. The van der Waals surface area contributed by atoms with Gasteiger partial charge in [0.05, 0.1) is 13.2 Å². The highest BCUT2D eigenvalue weighted by atomic mass is 31.2. The van der Waals surface area contributed by atoms with E-state index in [1.165, 1.54) is 0 Å². The van der Waals surface area contributed by atoms with E-state index in [0.717, 1.165) is 0 Å². The quantitative estimate of drug-likeness (QED) is 0.332. The van der Waals surface area contributed by atoms with Crippen molar-refractivity contribution in [3.05, 3.63) is 0 Å². The average molecular weight is 202 g/mol. The van der Waals surface area contributed by atoms with E-state index in [1.54, 1.807) is 0 Å². The number of phosphoric acid groups is 1. The largest absolute Gasteiger partial charge is 0.469 e. The Morgan fingerprint density at radius 3 is 1.75 bits per heavy atom. The van der Waals surface area contributed by atoms with E-state index in [-0.39, 0.29) is 19.8 Å². The second-order valence-electron chi connectivity index (χ2n) is 1.62. The summed E-state index contributed by atoms with van der Waals surface area (Å²) in [6.07, 6.45) is 0. The van der Waals surface area contributed by atoms with Crippen molar-refractivity contribution < 1.29 is 24.0 Å². The van der Waals surface area contributed by atoms with Crippen molar-refractivity contribution >= 4 is 7.82 Å². The smallest absolute Gasteiger partial charge is 0.395 e. The molecule has 0 rings (SSSR count). The van der Waals surface area contributed by atoms with Crippen molar-refractivity contribution in [2.45, 2.75) is 0 Å². The van der Waals surface area contributed by atoms with Crippen LogP contribution in [0.1, 0.15) is 0 Å². The fourth-order valence-corrected chi connectivity index (χ4v) is 0.515. The topological polar surface area (TPSA) is 139 Å². The molecule has 0 spiro atoms. The van der Waals surface area contributed by atoms with Gasteiger partial charge in [-0.1, -0.05) is 0 Å². The second-order valence-corrected chi connectivity index (χ2v) is 2.86. The summed E-state index contributed by atoms with van der Waals surface area (Å²) in [5, 5.41) is 7.75. The van der Waals surface area contributed by atoms with Crippen LogP contribution >= 0.6 is 7.82 Å². The SMILES string of the molecule is NCCO.NCCOP(=O)(O)O. The van der Waals surface area contributed by atoms with Crippen LogP contribution < -0.4 is 11.5 Å². The molecule has 0 aromatic rings. The Kier molecular flexibility index (Phi) is 11.0. The molecule has 0 aliphatic carbocycles. The molecular formula is C4H15N2O5P. The fraction of sp³-hybridized carbons (Fsp3) is 1.00. The van der Waals surface area contributed by atoms with Crippen LogP contribution in [0.15, 0.2) is 0 Å². The Bertz CT molecular complexity index is 125. The minimum atomic E-state index is -4.26. The minimum absolute atomic E-state index is 0.0972. The van der Waals surface area contributed by atoms with E-state index in [4.69, 9.17) is 26.4 Å². The standard InChI is InChI=1S/C2H8NO4P.C2H7NO/c3-1-2-7-8(4,5)6;3-1-2-4/h1-3H2,(H2,4,5,6);4H,1-3H2. The summed E-state index contributed by atoms with van der Waals surface area (Å²) in [7, 11) is -4.26. The van der Waals surface area contributed by atoms with Crippen molar-refractivity contribution in [1.29, 1.82) is 0 Å². The Hall–Kier alpha value is -0.0100. The van der Waals surface area contributed by atoms with Gasteiger partial charge in [0.15, 0.2) is 0 Å². The van der Waals surface area contributed by atoms with Crippen molar-refractivity contribution in [3.63, 3.8) is 0 Å². The summed E-state index contributed by atoms with van der Waals surface area (Å²) < 4.78 is 13.7. The zero-order valence-corrected chi connectivity index (χ0v) is 7.48. The van der Waals surface area contributed by atoms with Gasteiger partial charge in [-0.25, -0.2) is 4.57 Å². The molecule has 7 nitrogen and oxygen atoms in total. The predicted molar refractivity (Wildman–Crippen MR) is 43.2 cm³/mol. The molecule has 0 aliphatic rings. The first-order valence-electron chi connectivity index (χ1n) is 3.19. The van der Waals surface area contributed by atoms with E-state index in [0.29, 0.717) is 6.54 Å². The molecule has 0 amide bonds. The zero-order valence-electron chi connectivity index (χ0n) is 6.59. The fourth-order valence-electron chi connectivity index (χ4n) is 0.172. The van der Waals surface area contributed by atoms with Crippen molar-refractivity contribution in [2.75, 3.05) is 26.3 Å². The maximum absolute atomic E-state index is 9.81. The van der Waals surface area contributed by atoms with Gasteiger partial charge in [0, 0.05) is 13.1 Å². The molecule has 7 N–H and O–H groups in total. The van der Waals surface area contributed by atoms with Gasteiger partial charge >= 0.3 is 7.82 Å². The number of hydrogen-bond acceptors (Lipinski definition) is 5. The van der Waals surface area contributed by atoms with Gasteiger partial charge in [0.2, 0.25) is 0 Å². The molecule has 0 saturated carbocycles. The van der Waals surface area contributed by atoms with Gasteiger partial charge in [-0.05, 0) is 0 Å². The molecule has 0 radical (unpaired) electrons. The van der Waals surface area contributed by atoms with Crippen LogP contribution in [0.25, 0.3) is 0 Å². The molecular weight excluding hydrogens is 187 g/mol. The third-order valence-electron chi connectivity index (χ3n) is 0.506. The highest BCUT2D eigenvalue weighted by molar-refractivity contribution is 7.46. The van der Waals surface area contributed by atoms with E-state index in [1.807, 2.05) is 0 Å². The molecule has 0 unspecified atom stereocenters. The van der Waals surface area contributed by atoms with Crippen LogP contribution in [-0.2, 0) is 9.09 Å².